The van der Waals surface area contributed by atoms with Gasteiger partial charge in [-0.05, 0) is 25.5 Å². The largest absolute Gasteiger partial charge is 0.332 e. The Bertz CT molecular complexity index is 1270. The number of hydrogen-bond acceptors (Lipinski definition) is 4. The van der Waals surface area contributed by atoms with Crippen molar-refractivity contribution in [3.8, 4) is 5.95 Å². The van der Waals surface area contributed by atoms with Crippen LogP contribution in [0.3, 0.4) is 0 Å². The summed E-state index contributed by atoms with van der Waals surface area (Å²) in [5.74, 6) is 0.500. The Balaban J connectivity index is 1.99. The van der Waals surface area contributed by atoms with Crippen LogP contribution in [0.4, 0.5) is 0 Å². The van der Waals surface area contributed by atoms with Crippen molar-refractivity contribution in [1.29, 1.82) is 0 Å². The number of aryl methyl sites for hydroxylation is 4. The molecule has 0 aliphatic carbocycles. The molecule has 27 heavy (non-hydrogen) atoms. The Labute approximate surface area is 154 Å². The van der Waals surface area contributed by atoms with Gasteiger partial charge in [-0.2, -0.15) is 10.1 Å². The quantitative estimate of drug-likeness (QED) is 0.549. The van der Waals surface area contributed by atoms with E-state index in [-0.39, 0.29) is 12.1 Å². The normalized spacial score (nSPS) is 11.4. The van der Waals surface area contributed by atoms with Gasteiger partial charge in [-0.3, -0.25) is 13.9 Å². The summed E-state index contributed by atoms with van der Waals surface area (Å²) in [5.41, 5.74) is 2.61. The van der Waals surface area contributed by atoms with Gasteiger partial charge in [-0.1, -0.05) is 30.3 Å². The number of fused-ring (bicyclic) bond motifs is 1. The molecule has 0 atom stereocenters. The highest BCUT2D eigenvalue weighted by atomic mass is 16.2. The standard InChI is InChI=1S/C19H20N6O2/c1-12-10-13(2)25(21-12)18-20-16-15(22(18)3)17(26)24(19(27)23(16)4)11-14-8-6-5-7-9-14/h5-10H,11H2,1-4H3. The lowest BCUT2D eigenvalue weighted by atomic mass is 10.2. The summed E-state index contributed by atoms with van der Waals surface area (Å²) in [4.78, 5) is 30.4. The molecule has 0 saturated heterocycles. The molecule has 0 amide bonds. The first-order valence-corrected chi connectivity index (χ1v) is 8.62. The molecule has 3 aromatic heterocycles. The molecule has 3 heterocycles. The van der Waals surface area contributed by atoms with Gasteiger partial charge in [-0.25, -0.2) is 9.48 Å². The van der Waals surface area contributed by atoms with E-state index in [2.05, 4.69) is 10.1 Å². The first kappa shape index (κ1) is 17.0. The lowest BCUT2D eigenvalue weighted by Crippen LogP contribution is -2.39. The minimum atomic E-state index is -0.394. The van der Waals surface area contributed by atoms with Gasteiger partial charge in [0.05, 0.1) is 12.2 Å². The highest BCUT2D eigenvalue weighted by Crippen LogP contribution is 2.15. The van der Waals surface area contributed by atoms with E-state index in [1.54, 1.807) is 23.3 Å². The van der Waals surface area contributed by atoms with Crippen molar-refractivity contribution >= 4 is 11.2 Å². The van der Waals surface area contributed by atoms with Gasteiger partial charge in [0, 0.05) is 19.8 Å². The Morgan fingerprint density at radius 2 is 1.70 bits per heavy atom. The van der Waals surface area contributed by atoms with Crippen LogP contribution in [0.1, 0.15) is 17.0 Å². The van der Waals surface area contributed by atoms with E-state index in [1.165, 1.54) is 9.13 Å². The molecule has 0 aliphatic heterocycles. The number of aromatic nitrogens is 6. The van der Waals surface area contributed by atoms with Crippen LogP contribution in [-0.4, -0.2) is 28.5 Å². The van der Waals surface area contributed by atoms with Gasteiger partial charge < -0.3 is 4.57 Å². The van der Waals surface area contributed by atoms with Crippen LogP contribution in [0.5, 0.6) is 0 Å². The number of nitrogens with zero attached hydrogens (tertiary/aromatic N) is 6. The molecule has 0 unspecified atom stereocenters. The third kappa shape index (κ3) is 2.61. The average molecular weight is 364 g/mol. The van der Waals surface area contributed by atoms with Crippen LogP contribution < -0.4 is 11.2 Å². The van der Waals surface area contributed by atoms with Crippen LogP contribution in [0.15, 0.2) is 46.0 Å². The van der Waals surface area contributed by atoms with E-state index < -0.39 is 5.69 Å². The zero-order valence-electron chi connectivity index (χ0n) is 15.7. The summed E-state index contributed by atoms with van der Waals surface area (Å²) in [6.07, 6.45) is 0. The second-order valence-corrected chi connectivity index (χ2v) is 6.70. The first-order valence-electron chi connectivity index (χ1n) is 8.62. The second kappa shape index (κ2) is 6.08. The Kier molecular flexibility index (Phi) is 3.83. The van der Waals surface area contributed by atoms with Gasteiger partial charge in [-0.15, -0.1) is 0 Å². The van der Waals surface area contributed by atoms with Gasteiger partial charge in [0.1, 0.15) is 0 Å². The van der Waals surface area contributed by atoms with Crippen molar-refractivity contribution in [3.05, 3.63) is 74.2 Å². The molecule has 0 saturated carbocycles. The molecule has 0 radical (unpaired) electrons. The molecule has 8 heteroatoms. The highest BCUT2D eigenvalue weighted by molar-refractivity contribution is 5.72. The topological polar surface area (TPSA) is 79.6 Å². The summed E-state index contributed by atoms with van der Waals surface area (Å²) in [7, 11) is 3.39. The summed E-state index contributed by atoms with van der Waals surface area (Å²) in [5, 5.41) is 4.45. The summed E-state index contributed by atoms with van der Waals surface area (Å²) in [6, 6.07) is 11.4. The number of benzene rings is 1. The van der Waals surface area contributed by atoms with Gasteiger partial charge in [0.15, 0.2) is 11.2 Å². The van der Waals surface area contributed by atoms with Crippen molar-refractivity contribution in [1.82, 2.24) is 28.5 Å². The monoisotopic (exact) mass is 364 g/mol. The van der Waals surface area contributed by atoms with Crippen molar-refractivity contribution in [3.63, 3.8) is 0 Å². The molecule has 4 aromatic rings. The van der Waals surface area contributed by atoms with Crippen molar-refractivity contribution in [2.24, 2.45) is 14.1 Å². The Hall–Kier alpha value is -3.42. The zero-order valence-corrected chi connectivity index (χ0v) is 15.7. The van der Waals surface area contributed by atoms with Gasteiger partial charge in [0.2, 0.25) is 5.95 Å². The minimum Gasteiger partial charge on any atom is -0.306 e. The van der Waals surface area contributed by atoms with E-state index in [0.717, 1.165) is 17.0 Å². The SMILES string of the molecule is Cc1cc(C)n(-c2nc3c(c(=O)n(Cc4ccccc4)c(=O)n3C)n2C)n1. The fourth-order valence-corrected chi connectivity index (χ4v) is 3.36. The molecule has 4 rings (SSSR count). The van der Waals surface area contributed by atoms with E-state index in [9.17, 15) is 9.59 Å². The van der Waals surface area contributed by atoms with Crippen LogP contribution in [0, 0.1) is 13.8 Å². The van der Waals surface area contributed by atoms with Crippen LogP contribution in [0.2, 0.25) is 0 Å². The minimum absolute atomic E-state index is 0.211. The van der Waals surface area contributed by atoms with Gasteiger partial charge in [0.25, 0.3) is 5.56 Å². The number of rotatable bonds is 3. The predicted molar refractivity (Wildman–Crippen MR) is 102 cm³/mol. The molecule has 1 aromatic carbocycles. The molecular formula is C19H20N6O2. The summed E-state index contributed by atoms with van der Waals surface area (Å²) < 4.78 is 6.03. The third-order valence-corrected chi connectivity index (χ3v) is 4.72. The highest BCUT2D eigenvalue weighted by Gasteiger charge is 2.20. The maximum atomic E-state index is 13.1. The predicted octanol–water partition coefficient (Wildman–Crippen LogP) is 1.28. The molecule has 0 bridgehead atoms. The van der Waals surface area contributed by atoms with Crippen molar-refractivity contribution in [2.45, 2.75) is 20.4 Å². The Morgan fingerprint density at radius 3 is 2.33 bits per heavy atom. The molecule has 0 fully saturated rings. The number of hydrogen-bond donors (Lipinski definition) is 0. The lowest BCUT2D eigenvalue weighted by molar-refractivity contribution is 0.655. The molecule has 0 aliphatic rings. The fourth-order valence-electron chi connectivity index (χ4n) is 3.36. The zero-order chi connectivity index (χ0) is 19.3. The second-order valence-electron chi connectivity index (χ2n) is 6.70. The fraction of sp³-hybridized carbons (Fsp3) is 0.263. The van der Waals surface area contributed by atoms with Crippen LogP contribution >= 0.6 is 0 Å². The molecule has 0 spiro atoms. The third-order valence-electron chi connectivity index (χ3n) is 4.72. The summed E-state index contributed by atoms with van der Waals surface area (Å²) >= 11 is 0. The summed E-state index contributed by atoms with van der Waals surface area (Å²) in [6.45, 7) is 4.03. The van der Waals surface area contributed by atoms with E-state index in [4.69, 9.17) is 0 Å². The Morgan fingerprint density at radius 1 is 1.00 bits per heavy atom. The van der Waals surface area contributed by atoms with E-state index in [1.807, 2.05) is 50.2 Å². The molecule has 0 N–H and O–H groups in total. The van der Waals surface area contributed by atoms with E-state index in [0.29, 0.717) is 17.1 Å². The molecule has 138 valence electrons. The molecular weight excluding hydrogens is 344 g/mol. The lowest BCUT2D eigenvalue weighted by Gasteiger charge is -2.08. The number of imidazole rings is 1. The van der Waals surface area contributed by atoms with Gasteiger partial charge >= 0.3 is 5.69 Å². The maximum absolute atomic E-state index is 13.1. The molecule has 8 nitrogen and oxygen atoms in total. The van der Waals surface area contributed by atoms with Crippen LogP contribution in [-0.2, 0) is 20.6 Å². The van der Waals surface area contributed by atoms with Crippen molar-refractivity contribution < 1.29 is 0 Å². The smallest absolute Gasteiger partial charge is 0.306 e. The average Bonchev–Trinajstić information content (AvgIpc) is 3.16. The van der Waals surface area contributed by atoms with E-state index >= 15 is 0 Å². The van der Waals surface area contributed by atoms with Crippen LogP contribution in [0.25, 0.3) is 17.1 Å². The van der Waals surface area contributed by atoms with Crippen molar-refractivity contribution in [2.75, 3.05) is 0 Å². The first-order chi connectivity index (χ1) is 12.9. The maximum Gasteiger partial charge on any atom is 0.332 e.